The van der Waals surface area contributed by atoms with Gasteiger partial charge in [-0.3, -0.25) is 4.79 Å². The zero-order valence-corrected chi connectivity index (χ0v) is 16.0. The van der Waals surface area contributed by atoms with E-state index in [-0.39, 0.29) is 22.7 Å². The lowest BCUT2D eigenvalue weighted by Gasteiger charge is -2.14. The molecule has 3 aromatic rings. The fraction of sp³-hybridized carbons (Fsp3) is 0.105. The van der Waals surface area contributed by atoms with Crippen LogP contribution in [0.5, 0.6) is 5.75 Å². The van der Waals surface area contributed by atoms with Crippen LogP contribution in [-0.4, -0.2) is 20.7 Å². The maximum absolute atomic E-state index is 12.5. The smallest absolute Gasteiger partial charge is 0.468 e. The van der Waals surface area contributed by atoms with Crippen LogP contribution in [0, 0.1) is 0 Å². The molecule has 0 aliphatic rings. The lowest BCUT2D eigenvalue weighted by atomic mass is 10.2. The standard InChI is InChI=1S/C19H15F3N2O5S/c20-19(21,22)29-17-6-2-1-5-16(17)24-18(25)13-7-9-15(10-8-13)30(26,27)23-12-14-4-3-11-28-14/h1-11,23H,12H2,(H,24,25). The Bertz CT molecular complexity index is 1110. The molecule has 0 fully saturated rings. The molecule has 158 valence electrons. The molecule has 0 bridgehead atoms. The van der Waals surface area contributed by atoms with Crippen LogP contribution in [-0.2, 0) is 16.6 Å². The number of alkyl halides is 3. The fourth-order valence-electron chi connectivity index (χ4n) is 2.43. The molecular weight excluding hydrogens is 425 g/mol. The number of benzene rings is 2. The van der Waals surface area contributed by atoms with E-state index in [1.165, 1.54) is 48.7 Å². The second kappa shape index (κ2) is 8.59. The van der Waals surface area contributed by atoms with Gasteiger partial charge < -0.3 is 14.5 Å². The highest BCUT2D eigenvalue weighted by molar-refractivity contribution is 7.89. The molecule has 1 amide bonds. The van der Waals surface area contributed by atoms with E-state index in [9.17, 15) is 26.4 Å². The Hall–Kier alpha value is -3.31. The summed E-state index contributed by atoms with van der Waals surface area (Å²) in [5.41, 5.74) is -0.140. The van der Waals surface area contributed by atoms with E-state index in [0.717, 1.165) is 6.07 Å². The molecule has 0 saturated heterocycles. The first-order valence-corrected chi connectivity index (χ1v) is 9.91. The number of carbonyl (C=O) groups excluding carboxylic acids is 1. The molecule has 7 nitrogen and oxygen atoms in total. The number of nitrogens with one attached hydrogen (secondary N) is 2. The van der Waals surface area contributed by atoms with Crippen molar-refractivity contribution in [2.75, 3.05) is 5.32 Å². The first kappa shape index (κ1) is 21.4. The SMILES string of the molecule is O=C(Nc1ccccc1OC(F)(F)F)c1ccc(S(=O)(=O)NCc2ccco2)cc1. The van der Waals surface area contributed by atoms with E-state index in [0.29, 0.717) is 5.76 Å². The summed E-state index contributed by atoms with van der Waals surface area (Å²) in [6.07, 6.45) is -3.51. The highest BCUT2D eigenvalue weighted by atomic mass is 32.2. The van der Waals surface area contributed by atoms with Crippen LogP contribution in [0.3, 0.4) is 0 Å². The second-order valence-electron chi connectivity index (χ2n) is 5.93. The van der Waals surface area contributed by atoms with Gasteiger partial charge in [0.2, 0.25) is 10.0 Å². The lowest BCUT2D eigenvalue weighted by molar-refractivity contribution is -0.274. The zero-order chi connectivity index (χ0) is 21.8. The van der Waals surface area contributed by atoms with Gasteiger partial charge in [-0.25, -0.2) is 13.1 Å². The van der Waals surface area contributed by atoms with Crippen LogP contribution >= 0.6 is 0 Å². The molecule has 0 aliphatic carbocycles. The molecule has 30 heavy (non-hydrogen) atoms. The van der Waals surface area contributed by atoms with E-state index >= 15 is 0 Å². The topological polar surface area (TPSA) is 97.6 Å². The van der Waals surface area contributed by atoms with Gasteiger partial charge in [-0.2, -0.15) is 0 Å². The highest BCUT2D eigenvalue weighted by Crippen LogP contribution is 2.30. The van der Waals surface area contributed by atoms with Gasteiger partial charge in [0.05, 0.1) is 23.4 Å². The van der Waals surface area contributed by atoms with Gasteiger partial charge in [0.15, 0.2) is 5.75 Å². The third-order valence-electron chi connectivity index (χ3n) is 3.80. The predicted molar refractivity (Wildman–Crippen MR) is 100 cm³/mol. The Kier molecular flexibility index (Phi) is 6.13. The minimum atomic E-state index is -4.92. The number of halogens is 3. The number of hydrogen-bond donors (Lipinski definition) is 2. The largest absolute Gasteiger partial charge is 0.573 e. The van der Waals surface area contributed by atoms with Crippen molar-refractivity contribution in [1.82, 2.24) is 4.72 Å². The Morgan fingerprint density at radius 1 is 1.00 bits per heavy atom. The summed E-state index contributed by atoms with van der Waals surface area (Å²) in [6.45, 7) is -0.0481. The Morgan fingerprint density at radius 3 is 2.33 bits per heavy atom. The molecule has 2 aromatic carbocycles. The Balaban J connectivity index is 1.70. The van der Waals surface area contributed by atoms with Gasteiger partial charge in [0.1, 0.15) is 5.76 Å². The van der Waals surface area contributed by atoms with E-state index in [2.05, 4.69) is 14.8 Å². The molecule has 1 heterocycles. The molecular formula is C19H15F3N2O5S. The monoisotopic (exact) mass is 440 g/mol. The predicted octanol–water partition coefficient (Wildman–Crippen LogP) is 3.91. The number of amides is 1. The number of sulfonamides is 1. The summed E-state index contributed by atoms with van der Waals surface area (Å²) < 4.78 is 73.3. The quantitative estimate of drug-likeness (QED) is 0.581. The van der Waals surface area contributed by atoms with Crippen molar-refractivity contribution in [3.05, 3.63) is 78.3 Å². The van der Waals surface area contributed by atoms with Gasteiger partial charge in [-0.1, -0.05) is 12.1 Å². The van der Waals surface area contributed by atoms with E-state index in [1.807, 2.05) is 0 Å². The van der Waals surface area contributed by atoms with Gasteiger partial charge >= 0.3 is 6.36 Å². The maximum Gasteiger partial charge on any atom is 0.573 e. The van der Waals surface area contributed by atoms with Crippen molar-refractivity contribution in [2.45, 2.75) is 17.8 Å². The molecule has 3 rings (SSSR count). The normalized spacial score (nSPS) is 11.8. The molecule has 0 spiro atoms. The van der Waals surface area contributed by atoms with Crippen molar-refractivity contribution in [1.29, 1.82) is 0 Å². The third-order valence-corrected chi connectivity index (χ3v) is 5.22. The van der Waals surface area contributed by atoms with E-state index in [1.54, 1.807) is 12.1 Å². The molecule has 0 aliphatic heterocycles. The number of anilines is 1. The summed E-state index contributed by atoms with van der Waals surface area (Å²) in [5, 5.41) is 2.31. The van der Waals surface area contributed by atoms with Crippen molar-refractivity contribution < 1.29 is 35.5 Å². The molecule has 11 heteroatoms. The van der Waals surface area contributed by atoms with Gasteiger partial charge in [-0.15, -0.1) is 13.2 Å². The summed E-state index contributed by atoms with van der Waals surface area (Å²) in [6, 6.07) is 13.2. The van der Waals surface area contributed by atoms with Crippen LogP contribution in [0.4, 0.5) is 18.9 Å². The number of hydrogen-bond acceptors (Lipinski definition) is 5. The van der Waals surface area contributed by atoms with Crippen LogP contribution in [0.1, 0.15) is 16.1 Å². The van der Waals surface area contributed by atoms with Crippen LogP contribution in [0.25, 0.3) is 0 Å². The summed E-state index contributed by atoms with van der Waals surface area (Å²) >= 11 is 0. The van der Waals surface area contributed by atoms with Crippen LogP contribution < -0.4 is 14.8 Å². The molecule has 0 unspecified atom stereocenters. The summed E-state index contributed by atoms with van der Waals surface area (Å²) in [5.74, 6) is -0.880. The minimum absolute atomic E-state index is 0.0433. The number of carbonyl (C=O) groups is 1. The fourth-order valence-corrected chi connectivity index (χ4v) is 3.42. The summed E-state index contributed by atoms with van der Waals surface area (Å²) in [7, 11) is -3.85. The average molecular weight is 440 g/mol. The minimum Gasteiger partial charge on any atom is -0.468 e. The molecule has 1 aromatic heterocycles. The third kappa shape index (κ3) is 5.61. The van der Waals surface area contributed by atoms with Crippen molar-refractivity contribution in [3.63, 3.8) is 0 Å². The first-order valence-electron chi connectivity index (χ1n) is 8.42. The van der Waals surface area contributed by atoms with E-state index in [4.69, 9.17) is 4.42 Å². The number of rotatable bonds is 7. The van der Waals surface area contributed by atoms with Crippen molar-refractivity contribution >= 4 is 21.6 Å². The van der Waals surface area contributed by atoms with Gasteiger partial charge in [0.25, 0.3) is 5.91 Å². The van der Waals surface area contributed by atoms with E-state index < -0.39 is 28.0 Å². The Morgan fingerprint density at radius 2 is 1.70 bits per heavy atom. The first-order chi connectivity index (χ1) is 14.1. The molecule has 2 N–H and O–H groups in total. The highest BCUT2D eigenvalue weighted by Gasteiger charge is 2.32. The lowest BCUT2D eigenvalue weighted by Crippen LogP contribution is -2.23. The molecule has 0 radical (unpaired) electrons. The Labute approximate surface area is 169 Å². The van der Waals surface area contributed by atoms with Crippen LogP contribution in [0.15, 0.2) is 76.2 Å². The zero-order valence-electron chi connectivity index (χ0n) is 15.1. The number of ether oxygens (including phenoxy) is 1. The molecule has 0 atom stereocenters. The summed E-state index contributed by atoms with van der Waals surface area (Å²) in [4.78, 5) is 12.3. The van der Waals surface area contributed by atoms with Crippen molar-refractivity contribution in [2.24, 2.45) is 0 Å². The van der Waals surface area contributed by atoms with Gasteiger partial charge in [0, 0.05) is 5.56 Å². The second-order valence-corrected chi connectivity index (χ2v) is 7.69. The number of furan rings is 1. The van der Waals surface area contributed by atoms with Crippen LogP contribution in [0.2, 0.25) is 0 Å². The van der Waals surface area contributed by atoms with Gasteiger partial charge in [-0.05, 0) is 48.5 Å². The molecule has 0 saturated carbocycles. The maximum atomic E-state index is 12.5. The van der Waals surface area contributed by atoms with Crippen molar-refractivity contribution in [3.8, 4) is 5.75 Å². The number of para-hydroxylation sites is 2. The average Bonchev–Trinajstić information content (AvgIpc) is 3.21.